The lowest BCUT2D eigenvalue weighted by Gasteiger charge is -2.11. The van der Waals surface area contributed by atoms with Crippen molar-refractivity contribution in [1.82, 2.24) is 5.32 Å². The Bertz CT molecular complexity index is 368. The second-order valence-electron chi connectivity index (χ2n) is 2.55. The van der Waals surface area contributed by atoms with E-state index in [9.17, 15) is 0 Å². The highest BCUT2D eigenvalue weighted by Crippen LogP contribution is 2.32. The lowest BCUT2D eigenvalue weighted by Crippen LogP contribution is -2.17. The number of ether oxygens (including phenoxy) is 1. The summed E-state index contributed by atoms with van der Waals surface area (Å²) < 4.78 is 5.14. The first kappa shape index (κ1) is 11.6. The molecule has 0 spiro atoms. The van der Waals surface area contributed by atoms with Crippen LogP contribution in [0.3, 0.4) is 0 Å². The summed E-state index contributed by atoms with van der Waals surface area (Å²) in [6.45, 7) is 0. The third-order valence-electron chi connectivity index (χ3n) is 1.68. The normalized spacial score (nSPS) is 9.71. The molecule has 76 valence electrons. The fraction of sp³-hybridized carbons (Fsp3) is 0.222. The van der Waals surface area contributed by atoms with Crippen LogP contribution in [-0.4, -0.2) is 19.1 Å². The minimum Gasteiger partial charge on any atom is -0.494 e. The van der Waals surface area contributed by atoms with Gasteiger partial charge >= 0.3 is 0 Å². The third-order valence-corrected chi connectivity index (χ3v) is 2.61. The van der Waals surface area contributed by atoms with Crippen molar-refractivity contribution in [3.8, 4) is 5.75 Å². The molecule has 0 aliphatic heterocycles. The van der Waals surface area contributed by atoms with Crippen LogP contribution in [0.4, 0.5) is 0 Å². The lowest BCUT2D eigenvalue weighted by atomic mass is 10.2. The highest BCUT2D eigenvalue weighted by Gasteiger charge is 2.12. The van der Waals surface area contributed by atoms with Crippen molar-refractivity contribution in [2.24, 2.45) is 0 Å². The number of halogens is 2. The Morgan fingerprint density at radius 3 is 2.57 bits per heavy atom. The van der Waals surface area contributed by atoms with Gasteiger partial charge in [0.2, 0.25) is 0 Å². The van der Waals surface area contributed by atoms with Gasteiger partial charge in [-0.3, -0.25) is 0 Å². The minimum atomic E-state index is 0.451. The molecule has 0 bridgehead atoms. The summed E-state index contributed by atoms with van der Waals surface area (Å²) >= 11 is 16.9. The van der Waals surface area contributed by atoms with E-state index < -0.39 is 0 Å². The second kappa shape index (κ2) is 4.82. The molecule has 0 atom stereocenters. The number of rotatable bonds is 2. The molecule has 0 aliphatic rings. The molecule has 1 N–H and O–H groups in total. The van der Waals surface area contributed by atoms with Crippen LogP contribution >= 0.6 is 35.4 Å². The van der Waals surface area contributed by atoms with E-state index in [-0.39, 0.29) is 0 Å². The quantitative estimate of drug-likeness (QED) is 0.815. The zero-order valence-electron chi connectivity index (χ0n) is 7.73. The van der Waals surface area contributed by atoms with E-state index >= 15 is 0 Å². The smallest absolute Gasteiger partial charge is 0.147 e. The van der Waals surface area contributed by atoms with Gasteiger partial charge in [0.15, 0.2) is 0 Å². The largest absolute Gasteiger partial charge is 0.494 e. The van der Waals surface area contributed by atoms with E-state index in [1.165, 1.54) is 7.11 Å². The summed E-state index contributed by atoms with van der Waals surface area (Å²) in [5.74, 6) is 0.537. The maximum absolute atomic E-state index is 5.94. The molecule has 0 radical (unpaired) electrons. The van der Waals surface area contributed by atoms with Crippen LogP contribution in [0.15, 0.2) is 12.1 Å². The standard InChI is InChI=1S/C9H9Cl2NOS/c1-12-9(14)6-3-5(10)4-7(11)8(6)13-2/h3-4H,1-2H3,(H,12,14). The monoisotopic (exact) mass is 249 g/mol. The second-order valence-corrected chi connectivity index (χ2v) is 3.80. The van der Waals surface area contributed by atoms with Gasteiger partial charge in [0.25, 0.3) is 0 Å². The third kappa shape index (κ3) is 2.29. The number of nitrogens with one attached hydrogen (secondary N) is 1. The van der Waals surface area contributed by atoms with Crippen LogP contribution in [0.2, 0.25) is 10.0 Å². The van der Waals surface area contributed by atoms with Crippen molar-refractivity contribution in [3.63, 3.8) is 0 Å². The Hall–Kier alpha value is -0.510. The van der Waals surface area contributed by atoms with Crippen molar-refractivity contribution < 1.29 is 4.74 Å². The Morgan fingerprint density at radius 2 is 2.07 bits per heavy atom. The predicted molar refractivity (Wildman–Crippen MR) is 63.8 cm³/mol. The first-order chi connectivity index (χ1) is 6.60. The first-order valence-electron chi connectivity index (χ1n) is 3.85. The zero-order chi connectivity index (χ0) is 10.7. The van der Waals surface area contributed by atoms with Crippen LogP contribution in [-0.2, 0) is 0 Å². The predicted octanol–water partition coefficient (Wildman–Crippen LogP) is 2.90. The van der Waals surface area contributed by atoms with Crippen molar-refractivity contribution in [2.45, 2.75) is 0 Å². The van der Waals surface area contributed by atoms with E-state index in [0.29, 0.717) is 26.3 Å². The summed E-state index contributed by atoms with van der Waals surface area (Å²) in [6, 6.07) is 3.33. The fourth-order valence-electron chi connectivity index (χ4n) is 1.07. The average Bonchev–Trinajstić information content (AvgIpc) is 2.15. The van der Waals surface area contributed by atoms with E-state index in [4.69, 9.17) is 40.2 Å². The van der Waals surface area contributed by atoms with Crippen molar-refractivity contribution in [2.75, 3.05) is 14.2 Å². The zero-order valence-corrected chi connectivity index (χ0v) is 10.1. The summed E-state index contributed by atoms with van der Waals surface area (Å²) in [7, 11) is 3.27. The van der Waals surface area contributed by atoms with Crippen molar-refractivity contribution in [3.05, 3.63) is 27.7 Å². The SMILES string of the molecule is CNC(=S)c1cc(Cl)cc(Cl)c1OC. The fourth-order valence-corrected chi connectivity index (χ4v) is 1.79. The number of hydrogen-bond acceptors (Lipinski definition) is 2. The molecular weight excluding hydrogens is 241 g/mol. The molecule has 1 aromatic rings. The van der Waals surface area contributed by atoms with Gasteiger partial charge in [-0.25, -0.2) is 0 Å². The van der Waals surface area contributed by atoms with Gasteiger partial charge in [-0.1, -0.05) is 35.4 Å². The van der Waals surface area contributed by atoms with Gasteiger partial charge in [-0.2, -0.15) is 0 Å². The molecule has 5 heteroatoms. The van der Waals surface area contributed by atoms with Gasteiger partial charge in [0.05, 0.1) is 17.7 Å². The van der Waals surface area contributed by atoms with E-state index in [1.807, 2.05) is 0 Å². The molecule has 0 fully saturated rings. The van der Waals surface area contributed by atoms with Crippen LogP contribution in [0.1, 0.15) is 5.56 Å². The molecular formula is C9H9Cl2NOS. The molecule has 0 aromatic heterocycles. The molecule has 0 amide bonds. The number of thiocarbonyl (C=S) groups is 1. The molecule has 0 saturated heterocycles. The molecule has 0 saturated carbocycles. The lowest BCUT2D eigenvalue weighted by molar-refractivity contribution is 0.414. The van der Waals surface area contributed by atoms with Gasteiger partial charge in [-0.05, 0) is 12.1 Å². The van der Waals surface area contributed by atoms with Gasteiger partial charge in [0.1, 0.15) is 10.7 Å². The number of benzene rings is 1. The van der Waals surface area contributed by atoms with Gasteiger partial charge < -0.3 is 10.1 Å². The van der Waals surface area contributed by atoms with Gasteiger partial charge in [-0.15, -0.1) is 0 Å². The van der Waals surface area contributed by atoms with Crippen LogP contribution in [0.25, 0.3) is 0 Å². The number of methoxy groups -OCH3 is 1. The maximum Gasteiger partial charge on any atom is 0.147 e. The topological polar surface area (TPSA) is 21.3 Å². The molecule has 1 aromatic carbocycles. The molecule has 0 unspecified atom stereocenters. The molecule has 1 rings (SSSR count). The average molecular weight is 250 g/mol. The van der Waals surface area contributed by atoms with Crippen LogP contribution in [0, 0.1) is 0 Å². The summed E-state index contributed by atoms with van der Waals surface area (Å²) in [5, 5.41) is 3.83. The van der Waals surface area contributed by atoms with Crippen LogP contribution < -0.4 is 10.1 Å². The highest BCUT2D eigenvalue weighted by atomic mass is 35.5. The van der Waals surface area contributed by atoms with E-state index in [1.54, 1.807) is 19.2 Å². The van der Waals surface area contributed by atoms with E-state index in [2.05, 4.69) is 5.32 Å². The van der Waals surface area contributed by atoms with Crippen LogP contribution in [0.5, 0.6) is 5.75 Å². The summed E-state index contributed by atoms with van der Waals surface area (Å²) in [5.41, 5.74) is 0.697. The molecule has 2 nitrogen and oxygen atoms in total. The Kier molecular flexibility index (Phi) is 3.98. The Balaban J connectivity index is 3.32. The van der Waals surface area contributed by atoms with Crippen molar-refractivity contribution in [1.29, 1.82) is 0 Å². The molecule has 0 aliphatic carbocycles. The summed E-state index contributed by atoms with van der Waals surface area (Å²) in [6.07, 6.45) is 0. The minimum absolute atomic E-state index is 0.451. The first-order valence-corrected chi connectivity index (χ1v) is 5.01. The van der Waals surface area contributed by atoms with Gasteiger partial charge in [0, 0.05) is 12.1 Å². The molecule has 0 heterocycles. The highest BCUT2D eigenvalue weighted by molar-refractivity contribution is 7.80. The van der Waals surface area contributed by atoms with E-state index in [0.717, 1.165) is 0 Å². The maximum atomic E-state index is 5.94. The Morgan fingerprint density at radius 1 is 1.43 bits per heavy atom. The number of hydrogen-bond donors (Lipinski definition) is 1. The van der Waals surface area contributed by atoms with Crippen molar-refractivity contribution >= 4 is 40.4 Å². The summed E-state index contributed by atoms with van der Waals surface area (Å²) in [4.78, 5) is 0.547. The Labute approximate surface area is 98.2 Å². The molecule has 14 heavy (non-hydrogen) atoms.